The molecule has 54 heavy (non-hydrogen) atoms. The van der Waals surface area contributed by atoms with Gasteiger partial charge < -0.3 is 4.90 Å². The molecule has 0 radical (unpaired) electrons. The van der Waals surface area contributed by atoms with E-state index in [2.05, 4.69) is 169 Å². The highest BCUT2D eigenvalue weighted by Gasteiger charge is 2.61. The highest BCUT2D eigenvalue weighted by molar-refractivity contribution is 7.25. The SMILES string of the molecule is c1ccc(-c2ccc(N(c3ccc4c(c3)sc3ccccc34)c3ccccc3-c3ccc4c(c3)-c3ccccc3[C@]43[C@@H]4CC5C[C@@H](C4)C[C@@H]3C5)cc2)cc1. The Bertz CT molecular complexity index is 2710. The number of hydrogen-bond acceptors (Lipinski definition) is 2. The highest BCUT2D eigenvalue weighted by Crippen LogP contribution is 2.69. The van der Waals surface area contributed by atoms with Crippen LogP contribution in [-0.2, 0) is 5.41 Å². The average Bonchev–Trinajstić information content (AvgIpc) is 3.74. The Morgan fingerprint density at radius 2 is 1.04 bits per heavy atom. The van der Waals surface area contributed by atoms with Gasteiger partial charge in [0.05, 0.1) is 5.69 Å². The lowest BCUT2D eigenvalue weighted by Gasteiger charge is -2.61. The van der Waals surface area contributed by atoms with Crippen LogP contribution in [0.2, 0.25) is 0 Å². The molecular formula is C52H41NS. The normalized spacial score (nSPS) is 23.3. The van der Waals surface area contributed by atoms with Crippen LogP contribution in [0, 0.1) is 23.7 Å². The molecule has 4 bridgehead atoms. The predicted octanol–water partition coefficient (Wildman–Crippen LogP) is 14.6. The molecule has 1 aromatic heterocycles. The molecule has 2 heteroatoms. The zero-order valence-electron chi connectivity index (χ0n) is 30.3. The Morgan fingerprint density at radius 3 is 1.85 bits per heavy atom. The Kier molecular flexibility index (Phi) is 6.75. The van der Waals surface area contributed by atoms with E-state index in [0.717, 1.165) is 29.4 Å². The lowest BCUT2D eigenvalue weighted by atomic mass is 9.43. The van der Waals surface area contributed by atoms with Crippen LogP contribution in [0.5, 0.6) is 0 Å². The molecule has 0 aliphatic heterocycles. The van der Waals surface area contributed by atoms with Crippen molar-refractivity contribution in [3.63, 3.8) is 0 Å². The summed E-state index contributed by atoms with van der Waals surface area (Å²) in [6, 6.07) is 61.8. The molecule has 13 rings (SSSR count). The third-order valence-corrected chi connectivity index (χ3v) is 15.0. The van der Waals surface area contributed by atoms with Gasteiger partial charge in [-0.1, -0.05) is 121 Å². The lowest BCUT2D eigenvalue weighted by Crippen LogP contribution is -2.55. The van der Waals surface area contributed by atoms with Crippen LogP contribution >= 0.6 is 11.3 Å². The second kappa shape index (κ2) is 11.8. The van der Waals surface area contributed by atoms with Gasteiger partial charge in [-0.05, 0) is 137 Å². The van der Waals surface area contributed by atoms with Gasteiger partial charge in [0.2, 0.25) is 0 Å². The summed E-state index contributed by atoms with van der Waals surface area (Å²) < 4.78 is 2.64. The third-order valence-electron chi connectivity index (χ3n) is 13.9. The minimum absolute atomic E-state index is 0.184. The molecule has 8 aromatic rings. The molecular weight excluding hydrogens is 671 g/mol. The summed E-state index contributed by atoms with van der Waals surface area (Å²) in [5.74, 6) is 3.43. The number of nitrogens with zero attached hydrogens (tertiary/aromatic N) is 1. The maximum absolute atomic E-state index is 2.56. The molecule has 0 N–H and O–H groups in total. The van der Waals surface area contributed by atoms with E-state index in [1.807, 2.05) is 11.3 Å². The summed E-state index contributed by atoms with van der Waals surface area (Å²) in [6.07, 6.45) is 7.12. The van der Waals surface area contributed by atoms with Crippen molar-refractivity contribution in [3.05, 3.63) is 175 Å². The van der Waals surface area contributed by atoms with Crippen LogP contribution in [0.25, 0.3) is 53.6 Å². The standard InChI is InChI=1S/C52H41NS/c1-2-10-35(11-3-1)36-18-21-40(22-19-36)53(41-23-24-45-44-14-6-9-17-50(44)54-51(45)32-41)49-16-8-5-12-42(49)37-20-25-48-46(31-37)43-13-4-7-15-47(43)52(48)38-27-33-26-34(29-38)30-39(52)28-33/h1-25,31-34,38-39H,26-30H2/t33-,34?,38-,39+,52+. The second-order valence-corrected chi connectivity index (χ2v) is 17.6. The third kappa shape index (κ3) is 4.44. The smallest absolute Gasteiger partial charge is 0.0540 e. The summed E-state index contributed by atoms with van der Waals surface area (Å²) in [4.78, 5) is 2.48. The molecule has 1 heterocycles. The number of para-hydroxylation sites is 1. The molecule has 1 nitrogen and oxygen atoms in total. The van der Waals surface area contributed by atoms with Gasteiger partial charge in [0.15, 0.2) is 0 Å². The van der Waals surface area contributed by atoms with E-state index in [1.54, 1.807) is 11.1 Å². The Balaban J connectivity index is 1.03. The van der Waals surface area contributed by atoms with Gasteiger partial charge in [-0.25, -0.2) is 0 Å². The molecule has 0 unspecified atom stereocenters. The van der Waals surface area contributed by atoms with Gasteiger partial charge >= 0.3 is 0 Å². The molecule has 260 valence electrons. The van der Waals surface area contributed by atoms with E-state index < -0.39 is 0 Å². The van der Waals surface area contributed by atoms with E-state index in [9.17, 15) is 0 Å². The highest BCUT2D eigenvalue weighted by atomic mass is 32.1. The minimum Gasteiger partial charge on any atom is -0.310 e. The number of thiophene rings is 1. The van der Waals surface area contributed by atoms with Crippen LogP contribution in [0.3, 0.4) is 0 Å². The Labute approximate surface area is 321 Å². The van der Waals surface area contributed by atoms with Gasteiger partial charge in [0, 0.05) is 42.5 Å². The number of fused-ring (bicyclic) bond motifs is 6. The summed E-state index contributed by atoms with van der Waals surface area (Å²) >= 11 is 1.88. The van der Waals surface area contributed by atoms with E-state index in [1.165, 1.54) is 97.0 Å². The molecule has 0 atom stereocenters. The number of hydrogen-bond donors (Lipinski definition) is 0. The fourth-order valence-corrected chi connectivity index (χ4v) is 13.1. The van der Waals surface area contributed by atoms with Crippen LogP contribution in [0.15, 0.2) is 164 Å². The van der Waals surface area contributed by atoms with Crippen molar-refractivity contribution in [1.29, 1.82) is 0 Å². The lowest BCUT2D eigenvalue weighted by molar-refractivity contribution is -0.0399. The van der Waals surface area contributed by atoms with Crippen LogP contribution in [0.4, 0.5) is 17.1 Å². The van der Waals surface area contributed by atoms with Gasteiger partial charge in [-0.15, -0.1) is 11.3 Å². The van der Waals surface area contributed by atoms with E-state index in [-0.39, 0.29) is 5.41 Å². The van der Waals surface area contributed by atoms with Crippen molar-refractivity contribution in [3.8, 4) is 33.4 Å². The molecule has 7 aromatic carbocycles. The molecule has 4 saturated carbocycles. The van der Waals surface area contributed by atoms with Gasteiger partial charge in [0.1, 0.15) is 0 Å². The largest absolute Gasteiger partial charge is 0.310 e. The Morgan fingerprint density at radius 1 is 0.426 bits per heavy atom. The summed E-state index contributed by atoms with van der Waals surface area (Å²) in [5, 5.41) is 2.65. The summed E-state index contributed by atoms with van der Waals surface area (Å²) in [6.45, 7) is 0. The maximum Gasteiger partial charge on any atom is 0.0540 e. The first kappa shape index (κ1) is 31.0. The van der Waals surface area contributed by atoms with Gasteiger partial charge in [-0.2, -0.15) is 0 Å². The first-order valence-electron chi connectivity index (χ1n) is 19.9. The van der Waals surface area contributed by atoms with Crippen molar-refractivity contribution in [2.45, 2.75) is 37.5 Å². The quantitative estimate of drug-likeness (QED) is 0.172. The first-order valence-corrected chi connectivity index (χ1v) is 20.7. The van der Waals surface area contributed by atoms with Crippen molar-refractivity contribution >= 4 is 48.6 Å². The number of benzene rings is 7. The predicted molar refractivity (Wildman–Crippen MR) is 228 cm³/mol. The first-order chi connectivity index (χ1) is 26.7. The van der Waals surface area contributed by atoms with Crippen molar-refractivity contribution in [2.75, 3.05) is 4.90 Å². The summed E-state index contributed by atoms with van der Waals surface area (Å²) in [7, 11) is 0. The molecule has 5 aliphatic rings. The van der Waals surface area contributed by atoms with E-state index in [0.29, 0.717) is 0 Å². The average molecular weight is 712 g/mol. The summed E-state index contributed by atoms with van der Waals surface area (Å²) in [5.41, 5.74) is 14.9. The number of rotatable bonds is 5. The minimum atomic E-state index is 0.184. The van der Waals surface area contributed by atoms with Gasteiger partial charge in [-0.3, -0.25) is 0 Å². The zero-order valence-corrected chi connectivity index (χ0v) is 31.1. The van der Waals surface area contributed by atoms with Crippen molar-refractivity contribution in [2.24, 2.45) is 23.7 Å². The Hall–Kier alpha value is -5.44. The van der Waals surface area contributed by atoms with Crippen LogP contribution in [0.1, 0.15) is 43.2 Å². The molecule has 4 fully saturated rings. The van der Waals surface area contributed by atoms with E-state index >= 15 is 0 Å². The van der Waals surface area contributed by atoms with Crippen LogP contribution < -0.4 is 4.90 Å². The van der Waals surface area contributed by atoms with E-state index in [4.69, 9.17) is 0 Å². The van der Waals surface area contributed by atoms with Gasteiger partial charge in [0.25, 0.3) is 0 Å². The fraction of sp³-hybridized carbons (Fsp3) is 0.192. The monoisotopic (exact) mass is 711 g/mol. The second-order valence-electron chi connectivity index (χ2n) is 16.5. The fourth-order valence-electron chi connectivity index (χ4n) is 12.0. The van der Waals surface area contributed by atoms with Crippen molar-refractivity contribution < 1.29 is 0 Å². The zero-order chi connectivity index (χ0) is 35.4. The number of anilines is 3. The van der Waals surface area contributed by atoms with Crippen LogP contribution in [-0.4, -0.2) is 0 Å². The molecule has 5 aliphatic carbocycles. The molecule has 1 spiro atoms. The molecule has 0 saturated heterocycles. The molecule has 0 amide bonds. The van der Waals surface area contributed by atoms with Crippen molar-refractivity contribution in [1.82, 2.24) is 0 Å². The topological polar surface area (TPSA) is 3.24 Å². The maximum atomic E-state index is 2.56.